The average Bonchev–Trinajstić information content (AvgIpc) is 2.24. The number of nitrogen functional groups attached to an aromatic ring is 1. The van der Waals surface area contributed by atoms with E-state index < -0.39 is 22.5 Å². The number of aryl methyl sites for hydroxylation is 1. The lowest BCUT2D eigenvalue weighted by Gasteiger charge is -2.16. The first kappa shape index (κ1) is 14.7. The Morgan fingerprint density at radius 3 is 2.44 bits per heavy atom. The maximum Gasteiger partial charge on any atom is 0.243 e. The van der Waals surface area contributed by atoms with E-state index in [0.717, 1.165) is 4.31 Å². The van der Waals surface area contributed by atoms with Gasteiger partial charge in [0, 0.05) is 7.05 Å². The molecule has 0 saturated carbocycles. The van der Waals surface area contributed by atoms with Crippen LogP contribution in [0.25, 0.3) is 0 Å². The van der Waals surface area contributed by atoms with E-state index in [1.807, 2.05) is 0 Å². The molecule has 0 heterocycles. The number of sulfonamides is 1. The van der Waals surface area contributed by atoms with Gasteiger partial charge in [-0.15, -0.1) is 0 Å². The third kappa shape index (κ3) is 2.92. The Bertz CT molecular complexity index is 563. The Morgan fingerprint density at radius 2 is 2.00 bits per heavy atom. The smallest absolute Gasteiger partial charge is 0.243 e. The van der Waals surface area contributed by atoms with Crippen molar-refractivity contribution in [3.63, 3.8) is 0 Å². The van der Waals surface area contributed by atoms with Crippen molar-refractivity contribution < 1.29 is 13.2 Å². The van der Waals surface area contributed by atoms with E-state index >= 15 is 0 Å². The third-order valence-corrected chi connectivity index (χ3v) is 4.64. The van der Waals surface area contributed by atoms with Crippen LogP contribution in [0, 0.1) is 6.92 Å². The maximum atomic E-state index is 12.1. The summed E-state index contributed by atoms with van der Waals surface area (Å²) >= 11 is 5.86. The lowest BCUT2D eigenvalue weighted by molar-refractivity contribution is -0.118. The van der Waals surface area contributed by atoms with Gasteiger partial charge in [0.25, 0.3) is 0 Å². The number of hydrogen-bond acceptors (Lipinski definition) is 4. The molecule has 0 bridgehead atoms. The Labute approximate surface area is 111 Å². The predicted molar refractivity (Wildman–Crippen MR) is 69.6 cm³/mol. The molecule has 0 aliphatic rings. The van der Waals surface area contributed by atoms with E-state index in [-0.39, 0.29) is 10.6 Å². The second-order valence-corrected chi connectivity index (χ2v) is 6.29. The summed E-state index contributed by atoms with van der Waals surface area (Å²) in [6.45, 7) is 1.25. The number of carbonyl (C=O) groups is 1. The van der Waals surface area contributed by atoms with Gasteiger partial charge in [-0.3, -0.25) is 4.79 Å². The summed E-state index contributed by atoms with van der Waals surface area (Å²) in [5, 5.41) is 0.312. The van der Waals surface area contributed by atoms with Gasteiger partial charge in [-0.1, -0.05) is 11.6 Å². The predicted octanol–water partition coefficient (Wildman–Crippen LogP) is 0.336. The van der Waals surface area contributed by atoms with E-state index in [4.69, 9.17) is 23.1 Å². The van der Waals surface area contributed by atoms with Crippen LogP contribution in [0.4, 0.5) is 5.69 Å². The molecule has 0 aliphatic heterocycles. The molecule has 100 valence electrons. The standard InChI is InChI=1S/C10H14ClN3O3S/c1-6-3-7(4-8(12)10(6)11)18(16,17)14(2)5-9(13)15/h3-4H,5,12H2,1-2H3,(H2,13,15). The molecule has 0 atom stereocenters. The van der Waals surface area contributed by atoms with Crippen LogP contribution in [-0.2, 0) is 14.8 Å². The largest absolute Gasteiger partial charge is 0.397 e. The first-order chi connectivity index (χ1) is 8.16. The van der Waals surface area contributed by atoms with Gasteiger partial charge >= 0.3 is 0 Å². The van der Waals surface area contributed by atoms with Crippen molar-refractivity contribution in [2.45, 2.75) is 11.8 Å². The number of benzene rings is 1. The number of carbonyl (C=O) groups excluding carboxylic acids is 1. The number of likely N-dealkylation sites (N-methyl/N-ethyl adjacent to an activating group) is 1. The number of halogens is 1. The van der Waals surface area contributed by atoms with Crippen LogP contribution in [0.5, 0.6) is 0 Å². The van der Waals surface area contributed by atoms with Gasteiger partial charge in [-0.25, -0.2) is 8.42 Å². The summed E-state index contributed by atoms with van der Waals surface area (Å²) in [6.07, 6.45) is 0. The molecule has 0 aliphatic carbocycles. The quantitative estimate of drug-likeness (QED) is 0.780. The molecule has 0 unspecified atom stereocenters. The van der Waals surface area contributed by atoms with Gasteiger partial charge < -0.3 is 11.5 Å². The van der Waals surface area contributed by atoms with E-state index in [1.54, 1.807) is 6.92 Å². The number of rotatable bonds is 4. The van der Waals surface area contributed by atoms with Gasteiger partial charge in [-0.2, -0.15) is 4.31 Å². The van der Waals surface area contributed by atoms with Gasteiger partial charge in [0.2, 0.25) is 15.9 Å². The zero-order chi connectivity index (χ0) is 14.1. The topological polar surface area (TPSA) is 106 Å². The first-order valence-electron chi connectivity index (χ1n) is 4.96. The summed E-state index contributed by atoms with van der Waals surface area (Å²) < 4.78 is 25.1. The zero-order valence-electron chi connectivity index (χ0n) is 9.97. The van der Waals surface area contributed by atoms with Gasteiger partial charge in [-0.05, 0) is 24.6 Å². The fourth-order valence-corrected chi connectivity index (χ4v) is 2.76. The average molecular weight is 292 g/mol. The number of anilines is 1. The summed E-state index contributed by atoms with van der Waals surface area (Å²) in [6, 6.07) is 2.65. The second kappa shape index (κ2) is 5.13. The van der Waals surface area contributed by atoms with Crippen molar-refractivity contribution in [2.75, 3.05) is 19.3 Å². The van der Waals surface area contributed by atoms with Crippen molar-refractivity contribution >= 4 is 33.2 Å². The molecule has 0 radical (unpaired) electrons. The molecule has 8 heteroatoms. The van der Waals surface area contributed by atoms with Gasteiger partial charge in [0.05, 0.1) is 22.2 Å². The summed E-state index contributed by atoms with van der Waals surface area (Å²) in [5.74, 6) is -0.736. The highest BCUT2D eigenvalue weighted by Gasteiger charge is 2.23. The molecule has 1 aromatic rings. The minimum absolute atomic E-state index is 0.0225. The van der Waals surface area contributed by atoms with Crippen molar-refractivity contribution in [3.8, 4) is 0 Å². The van der Waals surface area contributed by atoms with Crippen LogP contribution in [-0.4, -0.2) is 32.2 Å². The number of hydrogen-bond donors (Lipinski definition) is 2. The number of nitrogens with zero attached hydrogens (tertiary/aromatic N) is 1. The highest BCUT2D eigenvalue weighted by Crippen LogP contribution is 2.27. The molecular formula is C10H14ClN3O3S. The Hall–Kier alpha value is -1.31. The fourth-order valence-electron chi connectivity index (χ4n) is 1.40. The number of primary amides is 1. The van der Waals surface area contributed by atoms with Gasteiger partial charge in [0.15, 0.2) is 0 Å². The van der Waals surface area contributed by atoms with E-state index in [0.29, 0.717) is 10.6 Å². The highest BCUT2D eigenvalue weighted by atomic mass is 35.5. The minimum atomic E-state index is -3.80. The molecular weight excluding hydrogens is 278 g/mol. The van der Waals surface area contributed by atoms with E-state index in [2.05, 4.69) is 0 Å². The SMILES string of the molecule is Cc1cc(S(=O)(=O)N(C)CC(N)=O)cc(N)c1Cl. The first-order valence-corrected chi connectivity index (χ1v) is 6.78. The van der Waals surface area contributed by atoms with Crippen LogP contribution < -0.4 is 11.5 Å². The highest BCUT2D eigenvalue weighted by molar-refractivity contribution is 7.89. The zero-order valence-corrected chi connectivity index (χ0v) is 11.5. The Morgan fingerprint density at radius 1 is 1.44 bits per heavy atom. The molecule has 4 N–H and O–H groups in total. The van der Waals surface area contributed by atoms with Crippen LogP contribution in [0.3, 0.4) is 0 Å². The monoisotopic (exact) mass is 291 g/mol. The molecule has 0 fully saturated rings. The van der Waals surface area contributed by atoms with Crippen LogP contribution >= 0.6 is 11.6 Å². The van der Waals surface area contributed by atoms with Gasteiger partial charge in [0.1, 0.15) is 0 Å². The van der Waals surface area contributed by atoms with Crippen molar-refractivity contribution in [1.82, 2.24) is 4.31 Å². The Kier molecular flexibility index (Phi) is 4.20. The molecule has 1 rings (SSSR count). The maximum absolute atomic E-state index is 12.1. The van der Waals surface area contributed by atoms with Crippen molar-refractivity contribution in [3.05, 3.63) is 22.7 Å². The lowest BCUT2D eigenvalue weighted by Crippen LogP contribution is -2.35. The molecule has 1 amide bonds. The molecule has 1 aromatic carbocycles. The molecule has 0 aromatic heterocycles. The fraction of sp³-hybridized carbons (Fsp3) is 0.300. The van der Waals surface area contributed by atoms with Crippen LogP contribution in [0.2, 0.25) is 5.02 Å². The van der Waals surface area contributed by atoms with Crippen LogP contribution in [0.15, 0.2) is 17.0 Å². The second-order valence-electron chi connectivity index (χ2n) is 3.87. The summed E-state index contributed by atoms with van der Waals surface area (Å²) in [7, 11) is -2.54. The Balaban J connectivity index is 3.25. The lowest BCUT2D eigenvalue weighted by atomic mass is 10.2. The van der Waals surface area contributed by atoms with Crippen molar-refractivity contribution in [2.24, 2.45) is 5.73 Å². The van der Waals surface area contributed by atoms with E-state index in [1.165, 1.54) is 19.2 Å². The summed E-state index contributed by atoms with van der Waals surface area (Å²) in [4.78, 5) is 10.7. The minimum Gasteiger partial charge on any atom is -0.397 e. The van der Waals surface area contributed by atoms with E-state index in [9.17, 15) is 13.2 Å². The van der Waals surface area contributed by atoms with Crippen molar-refractivity contribution in [1.29, 1.82) is 0 Å². The normalized spacial score (nSPS) is 11.8. The van der Waals surface area contributed by atoms with Crippen LogP contribution in [0.1, 0.15) is 5.56 Å². The third-order valence-electron chi connectivity index (χ3n) is 2.34. The number of nitrogens with two attached hydrogens (primary N) is 2. The summed E-state index contributed by atoms with van der Waals surface area (Å²) in [5.41, 5.74) is 11.3. The molecule has 6 nitrogen and oxygen atoms in total. The number of amides is 1. The molecule has 18 heavy (non-hydrogen) atoms. The molecule has 0 saturated heterocycles. The molecule has 0 spiro atoms.